The fourth-order valence-corrected chi connectivity index (χ4v) is 2.32. The van der Waals surface area contributed by atoms with Gasteiger partial charge in [-0.15, -0.1) is 5.10 Å². The molecule has 1 heterocycles. The van der Waals surface area contributed by atoms with Crippen LogP contribution < -0.4 is 10.1 Å². The van der Waals surface area contributed by atoms with E-state index in [0.29, 0.717) is 22.9 Å². The summed E-state index contributed by atoms with van der Waals surface area (Å²) in [5.41, 5.74) is 0.904. The van der Waals surface area contributed by atoms with Gasteiger partial charge in [0.2, 0.25) is 11.8 Å². The van der Waals surface area contributed by atoms with Crippen molar-refractivity contribution in [2.45, 2.75) is 12.8 Å². The molecule has 0 fully saturated rings. The molecule has 0 aliphatic carbocycles. The van der Waals surface area contributed by atoms with Gasteiger partial charge in [-0.1, -0.05) is 24.3 Å². The second kappa shape index (κ2) is 7.53. The van der Waals surface area contributed by atoms with Crippen molar-refractivity contribution in [3.8, 4) is 11.6 Å². The number of carbonyl (C=O) groups excluding carboxylic acids is 1. The van der Waals surface area contributed by atoms with Gasteiger partial charge in [0.25, 0.3) is 0 Å². The second-order valence-corrected chi connectivity index (χ2v) is 5.42. The normalized spacial score (nSPS) is 11.6. The summed E-state index contributed by atoms with van der Waals surface area (Å²) in [5.74, 6) is -0.458. The highest BCUT2D eigenvalue weighted by molar-refractivity contribution is 5.95. The maximum Gasteiger partial charge on any atom is 0.238 e. The standard InChI is InChI=1S/C19H16FN3O2/c1-13(16-8-2-3-9-17(16)20)19(24)22-14-6-4-7-15(12-14)25-18-10-5-11-21-23-18/h2-13H,1H3,(H,22,24). The van der Waals surface area contributed by atoms with E-state index < -0.39 is 11.7 Å². The third-order valence-corrected chi connectivity index (χ3v) is 3.64. The zero-order valence-corrected chi connectivity index (χ0v) is 13.5. The monoisotopic (exact) mass is 337 g/mol. The number of nitrogens with zero attached hydrogens (tertiary/aromatic N) is 2. The number of hydrogen-bond acceptors (Lipinski definition) is 4. The van der Waals surface area contributed by atoms with Crippen LogP contribution in [0, 0.1) is 5.82 Å². The van der Waals surface area contributed by atoms with Crippen LogP contribution in [-0.2, 0) is 4.79 Å². The Morgan fingerprint density at radius 3 is 2.72 bits per heavy atom. The molecule has 1 aromatic heterocycles. The van der Waals surface area contributed by atoms with Gasteiger partial charge < -0.3 is 10.1 Å². The van der Waals surface area contributed by atoms with Crippen molar-refractivity contribution in [1.29, 1.82) is 0 Å². The predicted molar refractivity (Wildman–Crippen MR) is 92.0 cm³/mol. The SMILES string of the molecule is CC(C(=O)Nc1cccc(Oc2cccnn2)c1)c1ccccc1F. The number of benzene rings is 2. The van der Waals surface area contributed by atoms with Crippen LogP contribution in [0.2, 0.25) is 0 Å². The van der Waals surface area contributed by atoms with Crippen molar-refractivity contribution >= 4 is 11.6 Å². The predicted octanol–water partition coefficient (Wildman–Crippen LogP) is 4.15. The molecular weight excluding hydrogens is 321 g/mol. The third kappa shape index (κ3) is 4.17. The average molecular weight is 337 g/mol. The van der Waals surface area contributed by atoms with Gasteiger partial charge in [0.1, 0.15) is 11.6 Å². The molecule has 3 aromatic rings. The fraction of sp³-hybridized carbons (Fsp3) is 0.105. The second-order valence-electron chi connectivity index (χ2n) is 5.42. The summed E-state index contributed by atoms with van der Waals surface area (Å²) in [6, 6.07) is 16.5. The highest BCUT2D eigenvalue weighted by Crippen LogP contribution is 2.24. The van der Waals surface area contributed by atoms with Crippen LogP contribution in [-0.4, -0.2) is 16.1 Å². The van der Waals surface area contributed by atoms with Crippen LogP contribution in [0.15, 0.2) is 66.9 Å². The van der Waals surface area contributed by atoms with Crippen molar-refractivity contribution in [2.24, 2.45) is 0 Å². The van der Waals surface area contributed by atoms with Crippen molar-refractivity contribution < 1.29 is 13.9 Å². The minimum Gasteiger partial charge on any atom is -0.437 e. The van der Waals surface area contributed by atoms with E-state index in [4.69, 9.17) is 4.74 Å². The van der Waals surface area contributed by atoms with Gasteiger partial charge in [-0.2, -0.15) is 5.10 Å². The molecule has 0 aliphatic heterocycles. The summed E-state index contributed by atoms with van der Waals surface area (Å²) >= 11 is 0. The van der Waals surface area contributed by atoms with E-state index in [9.17, 15) is 9.18 Å². The van der Waals surface area contributed by atoms with Crippen LogP contribution in [0.25, 0.3) is 0 Å². The van der Waals surface area contributed by atoms with Crippen molar-refractivity contribution in [2.75, 3.05) is 5.32 Å². The highest BCUT2D eigenvalue weighted by Gasteiger charge is 2.18. The summed E-state index contributed by atoms with van der Waals surface area (Å²) in [4.78, 5) is 12.4. The smallest absolute Gasteiger partial charge is 0.238 e. The quantitative estimate of drug-likeness (QED) is 0.759. The largest absolute Gasteiger partial charge is 0.437 e. The maximum absolute atomic E-state index is 13.8. The topological polar surface area (TPSA) is 64.1 Å². The zero-order valence-electron chi connectivity index (χ0n) is 13.5. The van der Waals surface area contributed by atoms with E-state index in [2.05, 4.69) is 15.5 Å². The molecule has 0 saturated carbocycles. The lowest BCUT2D eigenvalue weighted by atomic mass is 10.00. The molecule has 0 aliphatic rings. The van der Waals surface area contributed by atoms with E-state index in [1.807, 2.05) is 0 Å². The summed E-state index contributed by atoms with van der Waals surface area (Å²) < 4.78 is 19.4. The number of hydrogen-bond donors (Lipinski definition) is 1. The Bertz CT molecular complexity index is 871. The summed E-state index contributed by atoms with van der Waals surface area (Å²) in [5, 5.41) is 10.3. The van der Waals surface area contributed by atoms with Crippen LogP contribution in [0.5, 0.6) is 11.6 Å². The summed E-state index contributed by atoms with van der Waals surface area (Å²) in [7, 11) is 0. The molecule has 0 saturated heterocycles. The minimum atomic E-state index is -0.620. The number of nitrogens with one attached hydrogen (secondary N) is 1. The zero-order chi connectivity index (χ0) is 17.6. The Hall–Kier alpha value is -3.28. The number of amides is 1. The fourth-order valence-electron chi connectivity index (χ4n) is 2.32. The van der Waals surface area contributed by atoms with Crippen LogP contribution in [0.4, 0.5) is 10.1 Å². The highest BCUT2D eigenvalue weighted by atomic mass is 19.1. The lowest BCUT2D eigenvalue weighted by Crippen LogP contribution is -2.19. The number of rotatable bonds is 5. The Morgan fingerprint density at radius 1 is 1.12 bits per heavy atom. The van der Waals surface area contributed by atoms with Gasteiger partial charge in [0, 0.05) is 24.0 Å². The molecule has 1 amide bonds. The molecule has 1 atom stereocenters. The first-order valence-corrected chi connectivity index (χ1v) is 7.74. The van der Waals surface area contributed by atoms with E-state index in [-0.39, 0.29) is 5.91 Å². The van der Waals surface area contributed by atoms with E-state index >= 15 is 0 Å². The molecule has 6 heteroatoms. The van der Waals surface area contributed by atoms with E-state index in [1.165, 1.54) is 6.07 Å². The number of ether oxygens (including phenoxy) is 1. The number of aromatic nitrogens is 2. The first kappa shape index (κ1) is 16.6. The molecule has 2 aromatic carbocycles. The first-order chi connectivity index (χ1) is 12.1. The molecule has 25 heavy (non-hydrogen) atoms. The van der Waals surface area contributed by atoms with E-state index in [1.54, 1.807) is 67.7 Å². The van der Waals surface area contributed by atoms with Gasteiger partial charge in [-0.05, 0) is 36.8 Å². The molecule has 3 rings (SSSR count). The Labute approximate surface area is 144 Å². The lowest BCUT2D eigenvalue weighted by Gasteiger charge is -2.14. The number of anilines is 1. The Morgan fingerprint density at radius 2 is 1.96 bits per heavy atom. The molecule has 5 nitrogen and oxygen atoms in total. The van der Waals surface area contributed by atoms with Crippen molar-refractivity contribution in [1.82, 2.24) is 10.2 Å². The van der Waals surface area contributed by atoms with Gasteiger partial charge in [0.15, 0.2) is 0 Å². The van der Waals surface area contributed by atoms with Crippen LogP contribution >= 0.6 is 0 Å². The molecule has 0 bridgehead atoms. The molecule has 1 N–H and O–H groups in total. The number of halogens is 1. The molecule has 0 spiro atoms. The summed E-state index contributed by atoms with van der Waals surface area (Å²) in [6.07, 6.45) is 1.55. The first-order valence-electron chi connectivity index (χ1n) is 7.74. The van der Waals surface area contributed by atoms with Crippen molar-refractivity contribution in [3.05, 3.63) is 78.2 Å². The molecule has 0 radical (unpaired) electrons. The molecule has 1 unspecified atom stereocenters. The summed E-state index contributed by atoms with van der Waals surface area (Å²) in [6.45, 7) is 1.66. The minimum absolute atomic E-state index is 0.304. The van der Waals surface area contributed by atoms with Crippen LogP contribution in [0.1, 0.15) is 18.4 Å². The van der Waals surface area contributed by atoms with Crippen molar-refractivity contribution in [3.63, 3.8) is 0 Å². The Kier molecular flexibility index (Phi) is 4.99. The molecular formula is C19H16FN3O2. The number of carbonyl (C=O) groups is 1. The van der Waals surface area contributed by atoms with Crippen LogP contribution in [0.3, 0.4) is 0 Å². The molecule has 126 valence electrons. The maximum atomic E-state index is 13.8. The average Bonchev–Trinajstić information content (AvgIpc) is 2.63. The van der Waals surface area contributed by atoms with Gasteiger partial charge in [0.05, 0.1) is 5.92 Å². The third-order valence-electron chi connectivity index (χ3n) is 3.64. The Balaban J connectivity index is 1.71. The van der Waals surface area contributed by atoms with Gasteiger partial charge >= 0.3 is 0 Å². The van der Waals surface area contributed by atoms with Gasteiger partial charge in [-0.3, -0.25) is 4.79 Å². The van der Waals surface area contributed by atoms with Gasteiger partial charge in [-0.25, -0.2) is 4.39 Å². The van der Waals surface area contributed by atoms with E-state index in [0.717, 1.165) is 0 Å². The lowest BCUT2D eigenvalue weighted by molar-refractivity contribution is -0.117.